The van der Waals surface area contributed by atoms with Crippen LogP contribution in [0.4, 0.5) is 5.69 Å². The maximum atomic E-state index is 13.0. The predicted octanol–water partition coefficient (Wildman–Crippen LogP) is 3.94. The number of nitrogens with one attached hydrogen (secondary N) is 1. The quantitative estimate of drug-likeness (QED) is 0.679. The fourth-order valence-corrected chi connectivity index (χ4v) is 3.80. The van der Waals surface area contributed by atoms with Crippen LogP contribution in [0.15, 0.2) is 60.8 Å². The normalized spacial score (nSPS) is 19.6. The van der Waals surface area contributed by atoms with Gasteiger partial charge in [-0.3, -0.25) is 4.79 Å². The Morgan fingerprint density at radius 2 is 2.03 bits per heavy atom. The summed E-state index contributed by atoms with van der Waals surface area (Å²) in [5.74, 6) is 1.02. The van der Waals surface area contributed by atoms with Crippen LogP contribution in [0.5, 0.6) is 5.75 Å². The summed E-state index contributed by atoms with van der Waals surface area (Å²) in [4.78, 5) is 21.6. The van der Waals surface area contributed by atoms with E-state index in [1.807, 2.05) is 44.2 Å². The molecule has 0 spiro atoms. The van der Waals surface area contributed by atoms with E-state index in [0.717, 1.165) is 11.3 Å². The number of amides is 1. The van der Waals surface area contributed by atoms with Crippen molar-refractivity contribution >= 4 is 11.6 Å². The van der Waals surface area contributed by atoms with E-state index in [1.165, 1.54) is 0 Å². The van der Waals surface area contributed by atoms with E-state index in [4.69, 9.17) is 10.00 Å². The van der Waals surface area contributed by atoms with Crippen molar-refractivity contribution in [2.24, 2.45) is 5.92 Å². The molecule has 0 aliphatic heterocycles. The number of rotatable bonds is 6. The number of aromatic nitrogens is 2. The molecule has 6 nitrogen and oxygen atoms in total. The third-order valence-corrected chi connectivity index (χ3v) is 5.54. The van der Waals surface area contributed by atoms with Crippen LogP contribution in [-0.4, -0.2) is 22.5 Å². The van der Waals surface area contributed by atoms with Gasteiger partial charge in [0.1, 0.15) is 5.82 Å². The molecule has 0 bridgehead atoms. The average Bonchev–Trinajstić information content (AvgIpc) is 3.50. The molecule has 1 amide bonds. The summed E-state index contributed by atoms with van der Waals surface area (Å²) in [7, 11) is 0. The first kappa shape index (κ1) is 19.6. The second-order valence-corrected chi connectivity index (χ2v) is 7.62. The lowest BCUT2D eigenvalue weighted by molar-refractivity contribution is -0.117. The number of anilines is 1. The van der Waals surface area contributed by atoms with Gasteiger partial charge in [-0.25, -0.2) is 9.97 Å². The van der Waals surface area contributed by atoms with Gasteiger partial charge in [0.15, 0.2) is 5.75 Å². The van der Waals surface area contributed by atoms with Crippen molar-refractivity contribution < 1.29 is 9.53 Å². The van der Waals surface area contributed by atoms with Crippen molar-refractivity contribution in [3.63, 3.8) is 0 Å². The van der Waals surface area contributed by atoms with E-state index in [2.05, 4.69) is 21.4 Å². The van der Waals surface area contributed by atoms with Gasteiger partial charge in [0.2, 0.25) is 5.91 Å². The van der Waals surface area contributed by atoms with E-state index in [1.54, 1.807) is 30.5 Å². The first-order valence-corrected chi connectivity index (χ1v) is 9.81. The smallest absolute Gasteiger partial charge is 0.228 e. The van der Waals surface area contributed by atoms with Gasteiger partial charge in [-0.2, -0.15) is 5.26 Å². The van der Waals surface area contributed by atoms with Crippen LogP contribution in [0.1, 0.15) is 29.1 Å². The maximum absolute atomic E-state index is 13.0. The van der Waals surface area contributed by atoms with Crippen LogP contribution < -0.4 is 10.1 Å². The largest absolute Gasteiger partial charge is 0.489 e. The summed E-state index contributed by atoms with van der Waals surface area (Å²) in [6.45, 7) is 4.09. The molecule has 1 fully saturated rings. The van der Waals surface area contributed by atoms with Crippen molar-refractivity contribution in [2.45, 2.75) is 25.7 Å². The van der Waals surface area contributed by atoms with Gasteiger partial charge in [0, 0.05) is 11.1 Å². The molecular weight excluding hydrogens is 376 g/mol. The SMILES string of the molecule is Cc1ncc(OC[C@@]2(c3ccccc3)C[C@H]2C(=O)Nc2cccc(C#N)c2)c(C)n1. The zero-order valence-electron chi connectivity index (χ0n) is 16.9. The van der Waals surface area contributed by atoms with Gasteiger partial charge >= 0.3 is 0 Å². The van der Waals surface area contributed by atoms with Gasteiger partial charge in [0.25, 0.3) is 0 Å². The molecule has 1 N–H and O–H groups in total. The molecule has 1 aromatic heterocycles. The highest BCUT2D eigenvalue weighted by molar-refractivity contribution is 5.96. The molecule has 1 heterocycles. The summed E-state index contributed by atoms with van der Waals surface area (Å²) in [5.41, 5.74) is 2.57. The highest BCUT2D eigenvalue weighted by Gasteiger charge is 2.60. The minimum atomic E-state index is -0.407. The first-order valence-electron chi connectivity index (χ1n) is 9.81. The lowest BCUT2D eigenvalue weighted by Gasteiger charge is -2.19. The third-order valence-electron chi connectivity index (χ3n) is 5.54. The van der Waals surface area contributed by atoms with E-state index in [0.29, 0.717) is 35.9 Å². The molecule has 1 aliphatic carbocycles. The van der Waals surface area contributed by atoms with Gasteiger partial charge in [-0.05, 0) is 44.0 Å². The number of carbonyl (C=O) groups excluding carboxylic acids is 1. The average molecular weight is 398 g/mol. The molecule has 0 radical (unpaired) electrons. The number of carbonyl (C=O) groups is 1. The van der Waals surface area contributed by atoms with Crippen LogP contribution in [0.2, 0.25) is 0 Å². The Morgan fingerprint density at radius 1 is 1.23 bits per heavy atom. The minimum Gasteiger partial charge on any atom is -0.489 e. The molecule has 1 saturated carbocycles. The van der Waals surface area contributed by atoms with Crippen LogP contribution >= 0.6 is 0 Å². The van der Waals surface area contributed by atoms with Crippen LogP contribution in [-0.2, 0) is 10.2 Å². The lowest BCUT2D eigenvalue weighted by Crippen LogP contribution is -2.26. The van der Waals surface area contributed by atoms with E-state index in [-0.39, 0.29) is 11.8 Å². The van der Waals surface area contributed by atoms with Crippen LogP contribution in [0.3, 0.4) is 0 Å². The van der Waals surface area contributed by atoms with E-state index in [9.17, 15) is 4.79 Å². The predicted molar refractivity (Wildman–Crippen MR) is 113 cm³/mol. The molecule has 6 heteroatoms. The third kappa shape index (κ3) is 3.87. The summed E-state index contributed by atoms with van der Waals surface area (Å²) in [6, 6.07) is 19.0. The Kier molecular flexibility index (Phi) is 5.20. The molecule has 2 atom stereocenters. The number of benzene rings is 2. The molecule has 2 aromatic carbocycles. The minimum absolute atomic E-state index is 0.0746. The highest BCUT2D eigenvalue weighted by Crippen LogP contribution is 2.55. The Bertz CT molecular complexity index is 1120. The number of hydrogen-bond donors (Lipinski definition) is 1. The standard InChI is InChI=1S/C24H22N4O2/c1-16-22(14-26-17(2)27-16)30-15-24(19-8-4-3-5-9-19)12-21(24)23(29)28-20-10-6-7-18(11-20)13-25/h3-11,14,21H,12,15H2,1-2H3,(H,28,29)/t21-,24+/m0/s1. The fourth-order valence-electron chi connectivity index (χ4n) is 3.80. The summed E-state index contributed by atoms with van der Waals surface area (Å²) < 4.78 is 6.09. The lowest BCUT2D eigenvalue weighted by atomic mass is 9.93. The number of nitriles is 1. The Labute approximate surface area is 175 Å². The molecule has 1 aliphatic rings. The van der Waals surface area contributed by atoms with E-state index < -0.39 is 5.41 Å². The van der Waals surface area contributed by atoms with Crippen LogP contribution in [0, 0.1) is 31.1 Å². The number of aryl methyl sites for hydroxylation is 2. The van der Waals surface area contributed by atoms with Gasteiger partial charge in [-0.1, -0.05) is 36.4 Å². The van der Waals surface area contributed by atoms with Crippen molar-refractivity contribution in [3.05, 3.63) is 83.4 Å². The zero-order valence-corrected chi connectivity index (χ0v) is 16.9. The number of ether oxygens (including phenoxy) is 1. The maximum Gasteiger partial charge on any atom is 0.228 e. The molecular formula is C24H22N4O2. The second-order valence-electron chi connectivity index (χ2n) is 7.62. The number of hydrogen-bond acceptors (Lipinski definition) is 5. The molecule has 30 heavy (non-hydrogen) atoms. The Hall–Kier alpha value is -3.72. The monoisotopic (exact) mass is 398 g/mol. The molecule has 0 unspecified atom stereocenters. The zero-order chi connectivity index (χ0) is 21.1. The Morgan fingerprint density at radius 3 is 2.77 bits per heavy atom. The summed E-state index contributed by atoms with van der Waals surface area (Å²) in [5, 5.41) is 12.0. The number of nitrogens with zero attached hydrogens (tertiary/aromatic N) is 3. The van der Waals surface area contributed by atoms with Crippen molar-refractivity contribution in [2.75, 3.05) is 11.9 Å². The molecule has 0 saturated heterocycles. The Balaban J connectivity index is 1.54. The first-order chi connectivity index (χ1) is 14.5. The van der Waals surface area contributed by atoms with Crippen molar-refractivity contribution in [3.8, 4) is 11.8 Å². The van der Waals surface area contributed by atoms with Crippen LogP contribution in [0.25, 0.3) is 0 Å². The van der Waals surface area contributed by atoms with Crippen molar-refractivity contribution in [1.29, 1.82) is 5.26 Å². The molecule has 150 valence electrons. The second kappa shape index (κ2) is 7.96. The topological polar surface area (TPSA) is 87.9 Å². The van der Waals surface area contributed by atoms with Crippen molar-refractivity contribution in [1.82, 2.24) is 9.97 Å². The van der Waals surface area contributed by atoms with Gasteiger partial charge in [0.05, 0.1) is 36.0 Å². The van der Waals surface area contributed by atoms with Gasteiger partial charge < -0.3 is 10.1 Å². The molecule has 4 rings (SSSR count). The molecule has 3 aromatic rings. The summed E-state index contributed by atoms with van der Waals surface area (Å²) in [6.07, 6.45) is 2.37. The fraction of sp³-hybridized carbons (Fsp3) is 0.250. The van der Waals surface area contributed by atoms with E-state index >= 15 is 0 Å². The van der Waals surface area contributed by atoms with Gasteiger partial charge in [-0.15, -0.1) is 0 Å². The summed E-state index contributed by atoms with van der Waals surface area (Å²) >= 11 is 0. The highest BCUT2D eigenvalue weighted by atomic mass is 16.5.